The van der Waals surface area contributed by atoms with E-state index in [1.807, 2.05) is 0 Å². The van der Waals surface area contributed by atoms with Crippen LogP contribution in [0.2, 0.25) is 0 Å². The van der Waals surface area contributed by atoms with Crippen LogP contribution in [-0.2, 0) is 6.18 Å². The van der Waals surface area contributed by atoms with Gasteiger partial charge >= 0.3 is 18.5 Å². The van der Waals surface area contributed by atoms with Gasteiger partial charge in [0.15, 0.2) is 6.61 Å². The maximum atomic E-state index is 12.6. The van der Waals surface area contributed by atoms with Gasteiger partial charge in [0, 0.05) is 6.07 Å². The summed E-state index contributed by atoms with van der Waals surface area (Å²) in [7, 11) is 0. The number of aromatic nitrogens is 1. The fourth-order valence-corrected chi connectivity index (χ4v) is 1.05. The Bertz CT molecular complexity index is 463. The summed E-state index contributed by atoms with van der Waals surface area (Å²) in [6.45, 7) is -1.82. The SMILES string of the molecule is NNc1cc(C(F)(F)F)cc(OCC(F)(F)C(F)F)n1. The maximum Gasteiger partial charge on any atom is 0.416 e. The largest absolute Gasteiger partial charge is 0.471 e. The van der Waals surface area contributed by atoms with E-state index in [0.29, 0.717) is 12.1 Å². The van der Waals surface area contributed by atoms with Crippen LogP contribution in [0.5, 0.6) is 5.88 Å². The highest BCUT2D eigenvalue weighted by Gasteiger charge is 2.42. The molecule has 0 saturated heterocycles. The number of hydrogen-bond donors (Lipinski definition) is 2. The molecule has 0 bridgehead atoms. The van der Waals surface area contributed by atoms with Crippen molar-refractivity contribution in [2.45, 2.75) is 18.5 Å². The topological polar surface area (TPSA) is 60.2 Å². The van der Waals surface area contributed by atoms with Crippen LogP contribution in [0.1, 0.15) is 5.56 Å². The number of nitrogens with two attached hydrogens (primary N) is 1. The molecule has 1 heterocycles. The lowest BCUT2D eigenvalue weighted by atomic mass is 10.2. The van der Waals surface area contributed by atoms with E-state index in [2.05, 4.69) is 9.72 Å². The van der Waals surface area contributed by atoms with Crippen LogP contribution < -0.4 is 16.0 Å². The quantitative estimate of drug-likeness (QED) is 0.499. The first-order valence-electron chi connectivity index (χ1n) is 4.91. The number of halogens is 7. The molecule has 0 atom stereocenters. The van der Waals surface area contributed by atoms with Crippen molar-refractivity contribution < 1.29 is 35.5 Å². The molecule has 114 valence electrons. The van der Waals surface area contributed by atoms with E-state index >= 15 is 0 Å². The van der Waals surface area contributed by atoms with Crippen molar-refractivity contribution in [3.05, 3.63) is 17.7 Å². The zero-order chi connectivity index (χ0) is 15.6. The Morgan fingerprint density at radius 3 is 2.25 bits per heavy atom. The second-order valence-corrected chi connectivity index (χ2v) is 3.57. The van der Waals surface area contributed by atoms with Gasteiger partial charge in [0.2, 0.25) is 5.88 Å². The van der Waals surface area contributed by atoms with Crippen LogP contribution in [0, 0.1) is 0 Å². The molecule has 1 aromatic rings. The summed E-state index contributed by atoms with van der Waals surface area (Å²) in [6, 6.07) is 0.792. The average Bonchev–Trinajstić information content (AvgIpc) is 2.34. The number of alkyl halides is 7. The Labute approximate surface area is 107 Å². The fraction of sp³-hybridized carbons (Fsp3) is 0.444. The smallest absolute Gasteiger partial charge is 0.416 e. The third-order valence-electron chi connectivity index (χ3n) is 2.01. The second-order valence-electron chi connectivity index (χ2n) is 3.57. The maximum absolute atomic E-state index is 12.6. The van der Waals surface area contributed by atoms with Gasteiger partial charge in [-0.05, 0) is 6.07 Å². The van der Waals surface area contributed by atoms with Gasteiger partial charge in [0.05, 0.1) is 5.56 Å². The molecule has 0 radical (unpaired) electrons. The molecule has 0 unspecified atom stereocenters. The summed E-state index contributed by atoms with van der Waals surface area (Å²) < 4.78 is 90.5. The molecule has 0 aliphatic heterocycles. The lowest BCUT2D eigenvalue weighted by Crippen LogP contribution is -2.34. The van der Waals surface area contributed by atoms with Gasteiger partial charge in [-0.1, -0.05) is 0 Å². The molecule has 0 fully saturated rings. The van der Waals surface area contributed by atoms with Gasteiger partial charge in [-0.15, -0.1) is 0 Å². The number of nitrogens with zero attached hydrogens (tertiary/aromatic N) is 1. The van der Waals surface area contributed by atoms with Gasteiger partial charge in [-0.3, -0.25) is 0 Å². The van der Waals surface area contributed by atoms with Crippen LogP contribution in [-0.4, -0.2) is 23.9 Å². The number of anilines is 1. The third-order valence-corrected chi connectivity index (χ3v) is 2.01. The monoisotopic (exact) mass is 307 g/mol. The Hall–Kier alpha value is -1.78. The minimum absolute atomic E-state index is 0.294. The summed E-state index contributed by atoms with van der Waals surface area (Å²) in [6.07, 6.45) is -8.82. The predicted molar refractivity (Wildman–Crippen MR) is 53.5 cm³/mol. The number of nitrogen functional groups attached to an aromatic ring is 1. The van der Waals surface area contributed by atoms with E-state index in [9.17, 15) is 30.7 Å². The zero-order valence-corrected chi connectivity index (χ0v) is 9.52. The van der Waals surface area contributed by atoms with Crippen molar-refractivity contribution >= 4 is 5.82 Å². The molecule has 0 saturated carbocycles. The first kappa shape index (κ1) is 16.3. The number of nitrogens with one attached hydrogen (secondary N) is 1. The summed E-state index contributed by atoms with van der Waals surface area (Å²) in [4.78, 5) is 3.29. The average molecular weight is 307 g/mol. The Balaban J connectivity index is 2.96. The molecule has 0 aliphatic rings. The van der Waals surface area contributed by atoms with Crippen molar-refractivity contribution in [2.75, 3.05) is 12.0 Å². The molecule has 1 rings (SSSR count). The van der Waals surface area contributed by atoms with Crippen LogP contribution in [0.4, 0.5) is 36.6 Å². The lowest BCUT2D eigenvalue weighted by molar-refractivity contribution is -0.149. The summed E-state index contributed by atoms with van der Waals surface area (Å²) in [5.41, 5.74) is 0.491. The molecular weight excluding hydrogens is 299 g/mol. The van der Waals surface area contributed by atoms with Crippen molar-refractivity contribution in [3.63, 3.8) is 0 Å². The minimum atomic E-state index is -4.81. The fourth-order valence-electron chi connectivity index (χ4n) is 1.05. The molecular formula is C9H8F7N3O. The van der Waals surface area contributed by atoms with E-state index in [-0.39, 0.29) is 0 Å². The summed E-state index contributed by atoms with van der Waals surface area (Å²) in [5.74, 6) is -1.08. The number of hydrogen-bond acceptors (Lipinski definition) is 4. The Morgan fingerprint density at radius 1 is 1.20 bits per heavy atom. The second kappa shape index (κ2) is 5.69. The van der Waals surface area contributed by atoms with Crippen LogP contribution >= 0.6 is 0 Å². The standard InChI is InChI=1S/C9H8F7N3O/c10-7(11)8(12,13)3-20-6-2-4(9(14,15)16)1-5(18-6)19-17/h1-2,7H,3,17H2,(H,18,19). The molecule has 3 N–H and O–H groups in total. The number of rotatable bonds is 5. The Morgan fingerprint density at radius 2 is 1.80 bits per heavy atom. The van der Waals surface area contributed by atoms with Crippen LogP contribution in [0.15, 0.2) is 12.1 Å². The molecule has 20 heavy (non-hydrogen) atoms. The van der Waals surface area contributed by atoms with Gasteiger partial charge < -0.3 is 10.2 Å². The van der Waals surface area contributed by atoms with Crippen molar-refractivity contribution in [2.24, 2.45) is 5.84 Å². The lowest BCUT2D eigenvalue weighted by Gasteiger charge is -2.16. The highest BCUT2D eigenvalue weighted by molar-refractivity contribution is 5.41. The normalized spacial score (nSPS) is 12.7. The van der Waals surface area contributed by atoms with Crippen molar-refractivity contribution in [3.8, 4) is 5.88 Å². The summed E-state index contributed by atoms with van der Waals surface area (Å²) >= 11 is 0. The molecule has 0 aromatic carbocycles. The van der Waals surface area contributed by atoms with E-state index in [0.717, 1.165) is 0 Å². The van der Waals surface area contributed by atoms with E-state index < -0.39 is 42.4 Å². The summed E-state index contributed by atoms with van der Waals surface area (Å²) in [5, 5.41) is 0. The van der Waals surface area contributed by atoms with Crippen LogP contribution in [0.3, 0.4) is 0 Å². The Kier molecular flexibility index (Phi) is 4.63. The molecule has 4 nitrogen and oxygen atoms in total. The van der Waals surface area contributed by atoms with Crippen LogP contribution in [0.25, 0.3) is 0 Å². The van der Waals surface area contributed by atoms with Gasteiger partial charge in [-0.2, -0.15) is 26.9 Å². The van der Waals surface area contributed by atoms with E-state index in [1.54, 1.807) is 5.43 Å². The number of ether oxygens (including phenoxy) is 1. The van der Waals surface area contributed by atoms with Crippen molar-refractivity contribution in [1.82, 2.24) is 4.98 Å². The van der Waals surface area contributed by atoms with Crippen molar-refractivity contribution in [1.29, 1.82) is 0 Å². The highest BCUT2D eigenvalue weighted by Crippen LogP contribution is 2.33. The van der Waals surface area contributed by atoms with E-state index in [1.165, 1.54) is 0 Å². The first-order valence-corrected chi connectivity index (χ1v) is 4.91. The highest BCUT2D eigenvalue weighted by atomic mass is 19.4. The minimum Gasteiger partial charge on any atom is -0.471 e. The molecule has 0 aliphatic carbocycles. The van der Waals surface area contributed by atoms with Gasteiger partial charge in [0.25, 0.3) is 0 Å². The number of hydrazine groups is 1. The molecule has 11 heteroatoms. The predicted octanol–water partition coefficient (Wildman–Crippen LogP) is 2.67. The molecule has 0 spiro atoms. The number of pyridine rings is 1. The molecule has 0 amide bonds. The third kappa shape index (κ3) is 4.11. The zero-order valence-electron chi connectivity index (χ0n) is 9.52. The van der Waals surface area contributed by atoms with Gasteiger partial charge in [0.1, 0.15) is 5.82 Å². The van der Waals surface area contributed by atoms with Gasteiger partial charge in [-0.25, -0.2) is 14.6 Å². The molecule has 1 aromatic heterocycles. The van der Waals surface area contributed by atoms with E-state index in [4.69, 9.17) is 5.84 Å². The first-order chi connectivity index (χ1) is 9.06.